The second-order valence-corrected chi connectivity index (χ2v) is 5.60. The van der Waals surface area contributed by atoms with E-state index in [-0.39, 0.29) is 17.3 Å². The van der Waals surface area contributed by atoms with Crippen LogP contribution < -0.4 is 5.32 Å². The molecular formula is C15H18F4N2O. The lowest BCUT2D eigenvalue weighted by molar-refractivity contribution is -0.143. The second kappa shape index (κ2) is 6.64. The fourth-order valence-corrected chi connectivity index (χ4v) is 2.76. The van der Waals surface area contributed by atoms with E-state index in [2.05, 4.69) is 5.32 Å². The molecule has 0 aromatic heterocycles. The van der Waals surface area contributed by atoms with Crippen molar-refractivity contribution in [3.05, 3.63) is 29.6 Å². The number of hydrogen-bond donors (Lipinski definition) is 1. The standard InChI is InChI=1S/C15H18F4N2O/c1-10(22)14-12(16)3-2-4-13(14)20-7-11-5-6-21(8-11)9-15(17,18)19/h2-4,11,20H,5-9H2,1H3/t11-/m1/s1. The molecule has 1 N–H and O–H groups in total. The van der Waals surface area contributed by atoms with E-state index in [9.17, 15) is 22.4 Å². The molecule has 1 aliphatic rings. The number of carbonyl (C=O) groups excluding carboxylic acids is 1. The van der Waals surface area contributed by atoms with E-state index in [1.807, 2.05) is 0 Å². The summed E-state index contributed by atoms with van der Waals surface area (Å²) < 4.78 is 50.7. The van der Waals surface area contributed by atoms with Crippen LogP contribution in [0.3, 0.4) is 0 Å². The molecular weight excluding hydrogens is 300 g/mol. The fourth-order valence-electron chi connectivity index (χ4n) is 2.76. The zero-order chi connectivity index (χ0) is 16.3. The van der Waals surface area contributed by atoms with Gasteiger partial charge in [0.05, 0.1) is 12.1 Å². The number of nitrogens with zero attached hydrogens (tertiary/aromatic N) is 1. The number of rotatable bonds is 5. The van der Waals surface area contributed by atoms with Crippen LogP contribution in [0.5, 0.6) is 0 Å². The van der Waals surface area contributed by atoms with Gasteiger partial charge in [-0.2, -0.15) is 13.2 Å². The molecule has 1 fully saturated rings. The number of hydrogen-bond acceptors (Lipinski definition) is 3. The van der Waals surface area contributed by atoms with Crippen molar-refractivity contribution in [1.29, 1.82) is 0 Å². The summed E-state index contributed by atoms with van der Waals surface area (Å²) in [6, 6.07) is 4.31. The largest absolute Gasteiger partial charge is 0.401 e. The Hall–Kier alpha value is -1.63. The van der Waals surface area contributed by atoms with Crippen LogP contribution in [0.4, 0.5) is 23.2 Å². The van der Waals surface area contributed by atoms with E-state index in [1.165, 1.54) is 24.0 Å². The Morgan fingerprint density at radius 2 is 2.14 bits per heavy atom. The van der Waals surface area contributed by atoms with Gasteiger partial charge >= 0.3 is 6.18 Å². The van der Waals surface area contributed by atoms with Crippen molar-refractivity contribution in [2.75, 3.05) is 31.5 Å². The topological polar surface area (TPSA) is 32.3 Å². The van der Waals surface area contributed by atoms with E-state index in [0.29, 0.717) is 31.7 Å². The first-order valence-corrected chi connectivity index (χ1v) is 7.08. The number of Topliss-reactive ketones (excluding diaryl/α,β-unsaturated/α-hetero) is 1. The summed E-state index contributed by atoms with van der Waals surface area (Å²) in [5.41, 5.74) is 0.384. The van der Waals surface area contributed by atoms with Crippen molar-refractivity contribution in [3.63, 3.8) is 0 Å². The maximum Gasteiger partial charge on any atom is 0.401 e. The van der Waals surface area contributed by atoms with Crippen LogP contribution in [0.2, 0.25) is 0 Å². The van der Waals surface area contributed by atoms with Gasteiger partial charge in [0.2, 0.25) is 0 Å². The van der Waals surface area contributed by atoms with E-state index in [1.54, 1.807) is 6.07 Å². The van der Waals surface area contributed by atoms with Crippen LogP contribution in [0.25, 0.3) is 0 Å². The third kappa shape index (κ3) is 4.43. The van der Waals surface area contributed by atoms with E-state index >= 15 is 0 Å². The van der Waals surface area contributed by atoms with E-state index in [4.69, 9.17) is 0 Å². The quantitative estimate of drug-likeness (QED) is 0.668. The number of anilines is 1. The average molecular weight is 318 g/mol. The minimum atomic E-state index is -4.19. The molecule has 0 radical (unpaired) electrons. The Kier molecular flexibility index (Phi) is 5.05. The molecule has 0 unspecified atom stereocenters. The average Bonchev–Trinajstić information content (AvgIpc) is 2.81. The van der Waals surface area contributed by atoms with Crippen molar-refractivity contribution >= 4 is 11.5 Å². The number of ketones is 1. The summed E-state index contributed by atoms with van der Waals surface area (Å²) in [7, 11) is 0. The van der Waals surface area contributed by atoms with Gasteiger partial charge in [-0.3, -0.25) is 9.69 Å². The number of nitrogens with one attached hydrogen (secondary N) is 1. The van der Waals surface area contributed by atoms with Crippen LogP contribution in [0.15, 0.2) is 18.2 Å². The molecule has 1 aliphatic heterocycles. The first-order chi connectivity index (χ1) is 10.3. The maximum absolute atomic E-state index is 13.7. The first-order valence-electron chi connectivity index (χ1n) is 7.08. The highest BCUT2D eigenvalue weighted by atomic mass is 19.4. The number of carbonyl (C=O) groups is 1. The molecule has 22 heavy (non-hydrogen) atoms. The molecule has 1 aromatic rings. The summed E-state index contributed by atoms with van der Waals surface area (Å²) in [5, 5.41) is 2.99. The molecule has 0 amide bonds. The third-order valence-corrected chi connectivity index (χ3v) is 3.72. The fraction of sp³-hybridized carbons (Fsp3) is 0.533. The van der Waals surface area contributed by atoms with E-state index in [0.717, 1.165) is 0 Å². The monoisotopic (exact) mass is 318 g/mol. The molecule has 0 saturated carbocycles. The highest BCUT2D eigenvalue weighted by Crippen LogP contribution is 2.24. The lowest BCUT2D eigenvalue weighted by atomic mass is 10.1. The molecule has 3 nitrogen and oxygen atoms in total. The van der Waals surface area contributed by atoms with Crippen LogP contribution >= 0.6 is 0 Å². The van der Waals surface area contributed by atoms with Gasteiger partial charge in [-0.05, 0) is 37.9 Å². The highest BCUT2D eigenvalue weighted by molar-refractivity contribution is 5.99. The van der Waals surface area contributed by atoms with E-state index < -0.39 is 18.5 Å². The molecule has 122 valence electrons. The first kappa shape index (κ1) is 16.7. The Balaban J connectivity index is 1.92. The summed E-state index contributed by atoms with van der Waals surface area (Å²) >= 11 is 0. The molecule has 0 bridgehead atoms. The van der Waals surface area contributed by atoms with Gasteiger partial charge in [0.1, 0.15) is 5.82 Å². The zero-order valence-electron chi connectivity index (χ0n) is 12.2. The van der Waals surface area contributed by atoms with Gasteiger partial charge in [-0.1, -0.05) is 6.07 Å². The van der Waals surface area contributed by atoms with Crippen LogP contribution in [0, 0.1) is 11.7 Å². The minimum absolute atomic E-state index is 0.00681. The van der Waals surface area contributed by atoms with Crippen molar-refractivity contribution in [2.24, 2.45) is 5.92 Å². The molecule has 0 spiro atoms. The molecule has 7 heteroatoms. The number of alkyl halides is 3. The molecule has 1 saturated heterocycles. The van der Waals surface area contributed by atoms with Crippen LogP contribution in [0.1, 0.15) is 23.7 Å². The lowest BCUT2D eigenvalue weighted by Crippen LogP contribution is -2.33. The summed E-state index contributed by atoms with van der Waals surface area (Å²) in [5.74, 6) is -0.932. The summed E-state index contributed by atoms with van der Waals surface area (Å²) in [4.78, 5) is 12.8. The Labute approximate surface area is 126 Å². The summed E-state index contributed by atoms with van der Waals surface area (Å²) in [6.45, 7) is 1.54. The van der Waals surface area contributed by atoms with Gasteiger partial charge in [0.25, 0.3) is 0 Å². The molecule has 1 aromatic carbocycles. The molecule has 0 aliphatic carbocycles. The molecule has 1 atom stereocenters. The Morgan fingerprint density at radius 1 is 1.41 bits per heavy atom. The predicted molar refractivity (Wildman–Crippen MR) is 75.5 cm³/mol. The summed E-state index contributed by atoms with van der Waals surface area (Å²) in [6.07, 6.45) is -3.54. The predicted octanol–water partition coefficient (Wildman–Crippen LogP) is 3.32. The third-order valence-electron chi connectivity index (χ3n) is 3.72. The zero-order valence-corrected chi connectivity index (χ0v) is 12.2. The lowest BCUT2D eigenvalue weighted by Gasteiger charge is -2.18. The van der Waals surface area contributed by atoms with Crippen LogP contribution in [-0.2, 0) is 0 Å². The van der Waals surface area contributed by atoms with Crippen molar-refractivity contribution < 1.29 is 22.4 Å². The van der Waals surface area contributed by atoms with Gasteiger partial charge in [0, 0.05) is 18.8 Å². The van der Waals surface area contributed by atoms with Crippen molar-refractivity contribution in [1.82, 2.24) is 4.90 Å². The number of halogens is 4. The van der Waals surface area contributed by atoms with Gasteiger partial charge in [-0.15, -0.1) is 0 Å². The Morgan fingerprint density at radius 3 is 2.77 bits per heavy atom. The van der Waals surface area contributed by atoms with Gasteiger partial charge < -0.3 is 5.32 Å². The number of likely N-dealkylation sites (tertiary alicyclic amines) is 1. The smallest absolute Gasteiger partial charge is 0.384 e. The molecule has 2 rings (SSSR count). The Bertz CT molecular complexity index is 545. The normalized spacial score (nSPS) is 19.4. The van der Waals surface area contributed by atoms with Crippen LogP contribution in [-0.4, -0.2) is 43.0 Å². The maximum atomic E-state index is 13.7. The number of benzene rings is 1. The van der Waals surface area contributed by atoms with Crippen molar-refractivity contribution in [2.45, 2.75) is 19.5 Å². The molecule has 1 heterocycles. The van der Waals surface area contributed by atoms with Gasteiger partial charge in [-0.25, -0.2) is 4.39 Å². The van der Waals surface area contributed by atoms with Gasteiger partial charge in [0.15, 0.2) is 5.78 Å². The highest BCUT2D eigenvalue weighted by Gasteiger charge is 2.34. The minimum Gasteiger partial charge on any atom is -0.384 e. The van der Waals surface area contributed by atoms with Crippen molar-refractivity contribution in [3.8, 4) is 0 Å². The SMILES string of the molecule is CC(=O)c1c(F)cccc1NC[C@H]1CCN(CC(F)(F)F)C1. The second-order valence-electron chi connectivity index (χ2n) is 5.60.